The fourth-order valence-electron chi connectivity index (χ4n) is 3.25. The first-order valence-electron chi connectivity index (χ1n) is 9.76. The van der Waals surface area contributed by atoms with Crippen LogP contribution >= 0.6 is 12.4 Å². The zero-order valence-electron chi connectivity index (χ0n) is 17.1. The monoisotopic (exact) mass is 410 g/mol. The van der Waals surface area contributed by atoms with Crippen molar-refractivity contribution in [3.8, 4) is 0 Å². The summed E-state index contributed by atoms with van der Waals surface area (Å²) in [4.78, 5) is 16.1. The molecule has 0 amide bonds. The number of hydrogen-bond donors (Lipinski definition) is 2. The Hall–Kier alpha value is -2.86. The Balaban J connectivity index is 0.00000240. The molecular weight excluding hydrogens is 384 g/mol. The quantitative estimate of drug-likeness (QED) is 0.594. The van der Waals surface area contributed by atoms with Crippen LogP contribution in [0, 0.1) is 20.8 Å². The van der Waals surface area contributed by atoms with Gasteiger partial charge in [-0.1, -0.05) is 23.8 Å². The van der Waals surface area contributed by atoms with Gasteiger partial charge in [0.15, 0.2) is 0 Å². The molecule has 2 N–H and O–H groups in total. The van der Waals surface area contributed by atoms with Crippen LogP contribution in [0.2, 0.25) is 0 Å². The molecule has 0 unspecified atom stereocenters. The molecule has 0 aliphatic carbocycles. The van der Waals surface area contributed by atoms with Crippen LogP contribution in [0.4, 0.5) is 29.2 Å². The summed E-state index contributed by atoms with van der Waals surface area (Å²) in [6.45, 7) is 8.25. The number of nitrogens with one attached hydrogen (secondary N) is 2. The van der Waals surface area contributed by atoms with Crippen molar-refractivity contribution in [1.82, 2.24) is 15.0 Å². The van der Waals surface area contributed by atoms with Crippen LogP contribution in [0.15, 0.2) is 42.5 Å². The first-order chi connectivity index (χ1) is 13.6. The molecule has 6 nitrogen and oxygen atoms in total. The van der Waals surface area contributed by atoms with Gasteiger partial charge in [-0.05, 0) is 69.0 Å². The standard InChI is InChI=1S/C22H26N6.ClH/c1-15-6-9-18(10-7-15)23-20-25-21(24-19-11-8-16(2)17(3)14-19)27-22(26-20)28-12-4-5-13-28;/h6-11,14H,4-5,12-13H2,1-3H3,(H2,23,24,25,26,27);1H. The topological polar surface area (TPSA) is 66.0 Å². The maximum atomic E-state index is 4.67. The molecule has 4 rings (SSSR count). The van der Waals surface area contributed by atoms with E-state index in [-0.39, 0.29) is 12.4 Å². The van der Waals surface area contributed by atoms with E-state index in [1.807, 2.05) is 12.1 Å². The average molecular weight is 411 g/mol. The molecule has 0 saturated carbocycles. The summed E-state index contributed by atoms with van der Waals surface area (Å²) in [7, 11) is 0. The summed E-state index contributed by atoms with van der Waals surface area (Å²) in [5.74, 6) is 1.82. The van der Waals surface area contributed by atoms with Gasteiger partial charge < -0.3 is 15.5 Å². The second-order valence-corrected chi connectivity index (χ2v) is 7.39. The second kappa shape index (κ2) is 9.09. The van der Waals surface area contributed by atoms with Crippen LogP contribution in [-0.2, 0) is 0 Å². The molecule has 7 heteroatoms. The molecule has 1 saturated heterocycles. The highest BCUT2D eigenvalue weighted by molar-refractivity contribution is 5.85. The zero-order chi connectivity index (χ0) is 19.5. The predicted molar refractivity (Wildman–Crippen MR) is 122 cm³/mol. The number of anilines is 5. The van der Waals surface area contributed by atoms with Gasteiger partial charge in [-0.15, -0.1) is 12.4 Å². The molecule has 0 atom stereocenters. The molecular formula is C22H27ClN6. The van der Waals surface area contributed by atoms with Crippen molar-refractivity contribution in [3.05, 3.63) is 59.2 Å². The molecule has 0 radical (unpaired) electrons. The minimum absolute atomic E-state index is 0. The van der Waals surface area contributed by atoms with Gasteiger partial charge in [0.1, 0.15) is 0 Å². The van der Waals surface area contributed by atoms with Gasteiger partial charge in [-0.2, -0.15) is 15.0 Å². The summed E-state index contributed by atoms with van der Waals surface area (Å²) in [6.07, 6.45) is 2.35. The van der Waals surface area contributed by atoms with Crippen molar-refractivity contribution < 1.29 is 0 Å². The van der Waals surface area contributed by atoms with Crippen LogP contribution < -0.4 is 15.5 Å². The van der Waals surface area contributed by atoms with E-state index in [4.69, 9.17) is 0 Å². The lowest BCUT2D eigenvalue weighted by Crippen LogP contribution is -2.21. The summed E-state index contributed by atoms with van der Waals surface area (Å²) in [5, 5.41) is 6.66. The molecule has 1 aliphatic rings. The highest BCUT2D eigenvalue weighted by atomic mass is 35.5. The Morgan fingerprint density at radius 1 is 0.724 bits per heavy atom. The summed E-state index contributed by atoms with van der Waals surface area (Å²) in [6, 6.07) is 14.5. The lowest BCUT2D eigenvalue weighted by Gasteiger charge is -2.17. The van der Waals surface area contributed by atoms with E-state index in [1.165, 1.54) is 29.5 Å². The van der Waals surface area contributed by atoms with Crippen molar-refractivity contribution >= 4 is 41.6 Å². The zero-order valence-corrected chi connectivity index (χ0v) is 17.9. The van der Waals surface area contributed by atoms with Crippen LogP contribution in [0.3, 0.4) is 0 Å². The van der Waals surface area contributed by atoms with Crippen LogP contribution in [0.25, 0.3) is 0 Å². The number of halogens is 1. The fourth-order valence-corrected chi connectivity index (χ4v) is 3.25. The van der Waals surface area contributed by atoms with Gasteiger partial charge in [0, 0.05) is 24.5 Å². The van der Waals surface area contributed by atoms with E-state index in [0.717, 1.165) is 24.5 Å². The van der Waals surface area contributed by atoms with Crippen molar-refractivity contribution in [1.29, 1.82) is 0 Å². The molecule has 1 aliphatic heterocycles. The van der Waals surface area contributed by atoms with E-state index in [0.29, 0.717) is 17.8 Å². The third kappa shape index (κ3) is 5.15. The van der Waals surface area contributed by atoms with Gasteiger partial charge in [0.05, 0.1) is 0 Å². The van der Waals surface area contributed by atoms with E-state index in [9.17, 15) is 0 Å². The van der Waals surface area contributed by atoms with Gasteiger partial charge in [0.2, 0.25) is 17.8 Å². The number of aromatic nitrogens is 3. The van der Waals surface area contributed by atoms with Gasteiger partial charge in [-0.25, -0.2) is 0 Å². The largest absolute Gasteiger partial charge is 0.341 e. The van der Waals surface area contributed by atoms with E-state index >= 15 is 0 Å². The van der Waals surface area contributed by atoms with Crippen molar-refractivity contribution in [2.45, 2.75) is 33.6 Å². The average Bonchev–Trinajstić information content (AvgIpc) is 3.21. The smallest absolute Gasteiger partial charge is 0.233 e. The van der Waals surface area contributed by atoms with Crippen molar-refractivity contribution in [2.75, 3.05) is 28.6 Å². The number of benzene rings is 2. The summed E-state index contributed by atoms with van der Waals surface area (Å²) >= 11 is 0. The first-order valence-corrected chi connectivity index (χ1v) is 9.76. The predicted octanol–water partition coefficient (Wildman–Crippen LogP) is 5.31. The SMILES string of the molecule is Cc1ccc(Nc2nc(Nc3ccc(C)c(C)c3)nc(N3CCCC3)n2)cc1.Cl. The molecule has 0 spiro atoms. The Labute approximate surface area is 178 Å². The van der Waals surface area contributed by atoms with Gasteiger partial charge in [0.25, 0.3) is 0 Å². The Morgan fingerprint density at radius 3 is 1.93 bits per heavy atom. The van der Waals surface area contributed by atoms with E-state index in [2.05, 4.69) is 81.6 Å². The summed E-state index contributed by atoms with van der Waals surface area (Å²) in [5.41, 5.74) is 5.65. The molecule has 3 aromatic rings. The first kappa shape index (κ1) is 20.9. The highest BCUT2D eigenvalue weighted by Crippen LogP contribution is 2.23. The van der Waals surface area contributed by atoms with Crippen LogP contribution in [0.5, 0.6) is 0 Å². The van der Waals surface area contributed by atoms with Crippen molar-refractivity contribution in [2.24, 2.45) is 0 Å². The van der Waals surface area contributed by atoms with Gasteiger partial charge >= 0.3 is 0 Å². The van der Waals surface area contributed by atoms with E-state index < -0.39 is 0 Å². The fraction of sp³-hybridized carbons (Fsp3) is 0.318. The maximum Gasteiger partial charge on any atom is 0.233 e. The Morgan fingerprint density at radius 2 is 1.31 bits per heavy atom. The summed E-state index contributed by atoms with van der Waals surface area (Å²) < 4.78 is 0. The number of aryl methyl sites for hydroxylation is 3. The molecule has 1 fully saturated rings. The second-order valence-electron chi connectivity index (χ2n) is 7.39. The molecule has 1 aromatic heterocycles. The number of hydrogen-bond acceptors (Lipinski definition) is 6. The molecule has 2 heterocycles. The van der Waals surface area contributed by atoms with Crippen LogP contribution in [0.1, 0.15) is 29.5 Å². The lowest BCUT2D eigenvalue weighted by molar-refractivity contribution is 0.886. The molecule has 29 heavy (non-hydrogen) atoms. The minimum atomic E-state index is 0. The third-order valence-corrected chi connectivity index (χ3v) is 5.08. The third-order valence-electron chi connectivity index (χ3n) is 5.08. The normalized spacial score (nSPS) is 13.1. The van der Waals surface area contributed by atoms with Crippen LogP contribution in [-0.4, -0.2) is 28.0 Å². The minimum Gasteiger partial charge on any atom is -0.341 e. The Kier molecular flexibility index (Phi) is 6.54. The number of rotatable bonds is 5. The maximum absolute atomic E-state index is 4.67. The molecule has 0 bridgehead atoms. The Bertz CT molecular complexity index is 968. The highest BCUT2D eigenvalue weighted by Gasteiger charge is 2.17. The van der Waals surface area contributed by atoms with E-state index in [1.54, 1.807) is 0 Å². The molecule has 2 aromatic carbocycles. The number of nitrogens with zero attached hydrogens (tertiary/aromatic N) is 4. The van der Waals surface area contributed by atoms with Gasteiger partial charge in [-0.3, -0.25) is 0 Å². The molecule has 152 valence electrons. The van der Waals surface area contributed by atoms with Crippen molar-refractivity contribution in [3.63, 3.8) is 0 Å². The lowest BCUT2D eigenvalue weighted by atomic mass is 10.1.